The summed E-state index contributed by atoms with van der Waals surface area (Å²) in [5.41, 5.74) is 2.99. The molecule has 0 spiro atoms. The van der Waals surface area contributed by atoms with Crippen LogP contribution in [0.1, 0.15) is 40.2 Å². The van der Waals surface area contributed by atoms with Gasteiger partial charge in [-0.2, -0.15) is 13.2 Å². The SMILES string of the molecule is CC(Cc1ccc2c(c1)cc(C(=O)O)n2Cc1cccc(N(C)S(=O)(=O)CC(F)(F)F)c1)NCC(O)c1ccccc1. The van der Waals surface area contributed by atoms with E-state index in [0.717, 1.165) is 18.2 Å². The number of sulfonamides is 1. The fourth-order valence-electron chi connectivity index (χ4n) is 4.82. The smallest absolute Gasteiger partial charge is 0.404 e. The molecule has 0 radical (unpaired) electrons. The Balaban J connectivity index is 1.52. The van der Waals surface area contributed by atoms with Crippen LogP contribution in [-0.2, 0) is 23.0 Å². The maximum atomic E-state index is 12.8. The molecule has 42 heavy (non-hydrogen) atoms. The second kappa shape index (κ2) is 12.6. The first kappa shape index (κ1) is 31.1. The Labute approximate surface area is 242 Å². The van der Waals surface area contributed by atoms with Crippen molar-refractivity contribution in [1.29, 1.82) is 0 Å². The maximum Gasteiger partial charge on any atom is 0.404 e. The number of aromatic carboxylic acids is 1. The number of hydrogen-bond acceptors (Lipinski definition) is 5. The number of aliphatic hydroxyl groups excluding tert-OH is 1. The molecule has 1 heterocycles. The Hall–Kier alpha value is -3.87. The van der Waals surface area contributed by atoms with Crippen LogP contribution in [0.2, 0.25) is 0 Å². The molecule has 0 amide bonds. The molecule has 0 bridgehead atoms. The van der Waals surface area contributed by atoms with E-state index < -0.39 is 34.0 Å². The summed E-state index contributed by atoms with van der Waals surface area (Å²) >= 11 is 0. The van der Waals surface area contributed by atoms with Gasteiger partial charge in [0, 0.05) is 37.1 Å². The number of hydrogen-bond donors (Lipinski definition) is 3. The first-order valence-corrected chi connectivity index (χ1v) is 14.8. The van der Waals surface area contributed by atoms with E-state index in [-0.39, 0.29) is 24.0 Å². The number of nitrogens with zero attached hydrogens (tertiary/aromatic N) is 2. The number of nitrogens with one attached hydrogen (secondary N) is 1. The van der Waals surface area contributed by atoms with Gasteiger partial charge in [0.15, 0.2) is 5.75 Å². The third-order valence-corrected chi connectivity index (χ3v) is 8.69. The molecule has 0 aliphatic heterocycles. The average molecular weight is 604 g/mol. The molecule has 4 rings (SSSR count). The van der Waals surface area contributed by atoms with Gasteiger partial charge in [-0.3, -0.25) is 4.31 Å². The minimum Gasteiger partial charge on any atom is -0.477 e. The van der Waals surface area contributed by atoms with Gasteiger partial charge in [0.05, 0.1) is 11.8 Å². The van der Waals surface area contributed by atoms with Gasteiger partial charge in [0.1, 0.15) is 5.69 Å². The Morgan fingerprint density at radius 3 is 2.38 bits per heavy atom. The summed E-state index contributed by atoms with van der Waals surface area (Å²) in [6.07, 6.45) is -4.90. The zero-order chi connectivity index (χ0) is 30.7. The maximum absolute atomic E-state index is 12.8. The molecule has 0 saturated heterocycles. The fourth-order valence-corrected chi connectivity index (χ4v) is 5.87. The molecule has 0 fully saturated rings. The summed E-state index contributed by atoms with van der Waals surface area (Å²) in [4.78, 5) is 12.1. The van der Waals surface area contributed by atoms with Crippen molar-refractivity contribution in [2.75, 3.05) is 23.7 Å². The van der Waals surface area contributed by atoms with Crippen LogP contribution in [0.15, 0.2) is 78.9 Å². The number of carboxylic acid groups (broad SMARTS) is 1. The summed E-state index contributed by atoms with van der Waals surface area (Å²) in [6.45, 7) is 2.42. The topological polar surface area (TPSA) is 112 Å². The lowest BCUT2D eigenvalue weighted by molar-refractivity contribution is -0.106. The van der Waals surface area contributed by atoms with Crippen molar-refractivity contribution in [2.45, 2.75) is 38.2 Å². The molecule has 1 aromatic heterocycles. The second-order valence-electron chi connectivity index (χ2n) is 10.3. The van der Waals surface area contributed by atoms with Crippen LogP contribution in [0.3, 0.4) is 0 Å². The highest BCUT2D eigenvalue weighted by Gasteiger charge is 2.37. The van der Waals surface area contributed by atoms with Gasteiger partial charge in [0.25, 0.3) is 0 Å². The van der Waals surface area contributed by atoms with E-state index in [1.54, 1.807) is 16.7 Å². The Morgan fingerprint density at radius 2 is 1.71 bits per heavy atom. The lowest BCUT2D eigenvalue weighted by atomic mass is 10.0. The highest BCUT2D eigenvalue weighted by molar-refractivity contribution is 7.92. The predicted octanol–water partition coefficient (Wildman–Crippen LogP) is 4.97. The molecule has 224 valence electrons. The Morgan fingerprint density at radius 1 is 1.00 bits per heavy atom. The van der Waals surface area contributed by atoms with E-state index in [2.05, 4.69) is 5.32 Å². The van der Waals surface area contributed by atoms with Crippen LogP contribution < -0.4 is 9.62 Å². The number of carboxylic acids is 1. The summed E-state index contributed by atoms with van der Waals surface area (Å²) in [5.74, 6) is -3.14. The van der Waals surface area contributed by atoms with Crippen molar-refractivity contribution < 1.29 is 36.6 Å². The third-order valence-electron chi connectivity index (χ3n) is 6.95. The molecule has 0 aliphatic carbocycles. The van der Waals surface area contributed by atoms with Gasteiger partial charge >= 0.3 is 12.1 Å². The minimum absolute atomic E-state index is 0.0164. The van der Waals surface area contributed by atoms with E-state index in [9.17, 15) is 36.6 Å². The van der Waals surface area contributed by atoms with Gasteiger partial charge in [-0.25, -0.2) is 13.2 Å². The van der Waals surface area contributed by atoms with Crippen LogP contribution in [0.5, 0.6) is 0 Å². The van der Waals surface area contributed by atoms with Gasteiger partial charge < -0.3 is 20.1 Å². The van der Waals surface area contributed by atoms with Gasteiger partial charge in [-0.15, -0.1) is 0 Å². The average Bonchev–Trinajstić information content (AvgIpc) is 3.28. The van der Waals surface area contributed by atoms with Crippen LogP contribution in [0, 0.1) is 0 Å². The molecular weight excluding hydrogens is 571 g/mol. The quantitative estimate of drug-likeness (QED) is 0.211. The van der Waals surface area contributed by atoms with Crippen molar-refractivity contribution in [1.82, 2.24) is 9.88 Å². The highest BCUT2D eigenvalue weighted by Crippen LogP contribution is 2.27. The highest BCUT2D eigenvalue weighted by atomic mass is 32.2. The Kier molecular flexibility index (Phi) is 9.29. The molecule has 3 aromatic carbocycles. The minimum atomic E-state index is -4.89. The normalized spacial score (nSPS) is 13.7. The lowest BCUT2D eigenvalue weighted by Crippen LogP contribution is -2.35. The largest absolute Gasteiger partial charge is 0.477 e. The Bertz CT molecular complexity index is 1660. The molecule has 3 N–H and O–H groups in total. The van der Waals surface area contributed by atoms with Crippen molar-refractivity contribution >= 4 is 32.6 Å². The molecule has 0 aliphatic rings. The van der Waals surface area contributed by atoms with Crippen molar-refractivity contribution in [3.05, 3.63) is 101 Å². The van der Waals surface area contributed by atoms with Crippen LogP contribution in [0.25, 0.3) is 10.9 Å². The van der Waals surface area contributed by atoms with Gasteiger partial charge in [-0.05, 0) is 60.4 Å². The summed E-state index contributed by atoms with van der Waals surface area (Å²) in [7, 11) is -3.61. The number of rotatable bonds is 12. The summed E-state index contributed by atoms with van der Waals surface area (Å²) < 4.78 is 65.0. The third kappa shape index (κ3) is 7.69. The van der Waals surface area contributed by atoms with Crippen LogP contribution >= 0.6 is 0 Å². The van der Waals surface area contributed by atoms with Crippen LogP contribution in [0.4, 0.5) is 18.9 Å². The molecule has 4 aromatic rings. The number of aromatic nitrogens is 1. The van der Waals surface area contributed by atoms with E-state index in [1.165, 1.54) is 18.2 Å². The van der Waals surface area contributed by atoms with Crippen molar-refractivity contribution in [3.63, 3.8) is 0 Å². The van der Waals surface area contributed by atoms with E-state index in [4.69, 9.17) is 0 Å². The number of carbonyl (C=O) groups is 1. The molecule has 0 saturated carbocycles. The van der Waals surface area contributed by atoms with Gasteiger partial charge in [-0.1, -0.05) is 48.5 Å². The second-order valence-corrected chi connectivity index (χ2v) is 12.3. The monoisotopic (exact) mass is 603 g/mol. The van der Waals surface area contributed by atoms with Crippen LogP contribution in [-0.4, -0.2) is 60.7 Å². The fraction of sp³-hybridized carbons (Fsp3) is 0.300. The van der Waals surface area contributed by atoms with Gasteiger partial charge in [0.2, 0.25) is 10.0 Å². The standard InChI is InChI=1S/C30H32F3N3O5S/c1-20(34-17-28(37)23-8-4-3-5-9-23)13-21-11-12-26-24(14-21)16-27(29(38)39)36(26)18-22-7-6-10-25(15-22)35(2)42(40,41)19-30(31,32)33/h3-12,14-16,20,28,34,37H,13,17-19H2,1-2H3,(H,38,39). The molecule has 2 atom stereocenters. The molecule has 2 unspecified atom stereocenters. The van der Waals surface area contributed by atoms with Crippen molar-refractivity contribution in [2.24, 2.45) is 0 Å². The van der Waals surface area contributed by atoms with Crippen molar-refractivity contribution in [3.8, 4) is 0 Å². The summed E-state index contributed by atoms with van der Waals surface area (Å²) in [6, 6.07) is 22.5. The number of fused-ring (bicyclic) bond motifs is 1. The lowest BCUT2D eigenvalue weighted by Gasteiger charge is -2.21. The zero-order valence-corrected chi connectivity index (χ0v) is 23.9. The summed E-state index contributed by atoms with van der Waals surface area (Å²) in [5, 5.41) is 24.3. The van der Waals surface area contributed by atoms with E-state index in [1.807, 2.05) is 55.5 Å². The number of anilines is 1. The molecule has 8 nitrogen and oxygen atoms in total. The van der Waals surface area contributed by atoms with E-state index >= 15 is 0 Å². The first-order valence-electron chi connectivity index (χ1n) is 13.2. The zero-order valence-electron chi connectivity index (χ0n) is 23.0. The number of aliphatic hydroxyl groups is 1. The molecule has 12 heteroatoms. The number of halogens is 3. The predicted molar refractivity (Wildman–Crippen MR) is 155 cm³/mol. The number of alkyl halides is 3. The first-order chi connectivity index (χ1) is 19.7. The van der Waals surface area contributed by atoms with E-state index in [0.29, 0.717) is 33.7 Å². The molecular formula is C30H32F3N3O5S. The number of benzene rings is 3.